The zero-order valence-electron chi connectivity index (χ0n) is 16.3. The van der Waals surface area contributed by atoms with Crippen molar-refractivity contribution < 1.29 is 13.2 Å². The van der Waals surface area contributed by atoms with Crippen molar-refractivity contribution >= 4 is 15.9 Å². The van der Waals surface area contributed by atoms with E-state index in [1.54, 1.807) is 24.3 Å². The Morgan fingerprint density at radius 3 is 2.61 bits per heavy atom. The number of hydrogen-bond donors (Lipinski definition) is 2. The quantitative estimate of drug-likeness (QED) is 0.712. The molecule has 2 aromatic carbocycles. The molecule has 1 amide bonds. The number of rotatable bonds is 8. The topological polar surface area (TPSA) is 75.3 Å². The molecule has 6 heteroatoms. The molecule has 0 heterocycles. The van der Waals surface area contributed by atoms with Gasteiger partial charge in [0.05, 0.1) is 10.9 Å². The Morgan fingerprint density at radius 1 is 1.11 bits per heavy atom. The van der Waals surface area contributed by atoms with Gasteiger partial charge in [-0.2, -0.15) is 0 Å². The number of nitrogens with one attached hydrogen (secondary N) is 2. The molecule has 1 atom stereocenters. The normalized spacial score (nSPS) is 16.4. The lowest BCUT2D eigenvalue weighted by molar-refractivity contribution is -0.121. The molecule has 1 aliphatic rings. The molecule has 0 bridgehead atoms. The van der Waals surface area contributed by atoms with Crippen molar-refractivity contribution in [3.63, 3.8) is 0 Å². The summed E-state index contributed by atoms with van der Waals surface area (Å²) in [5.41, 5.74) is 3.51. The molecule has 0 aromatic heterocycles. The van der Waals surface area contributed by atoms with Gasteiger partial charge in [-0.1, -0.05) is 43.3 Å². The van der Waals surface area contributed by atoms with Gasteiger partial charge in [0.2, 0.25) is 15.9 Å². The van der Waals surface area contributed by atoms with Crippen LogP contribution < -0.4 is 10.0 Å². The van der Waals surface area contributed by atoms with Gasteiger partial charge in [-0.3, -0.25) is 4.79 Å². The molecular weight excluding hydrogens is 372 g/mol. The molecule has 0 saturated heterocycles. The number of fused-ring (bicyclic) bond motifs is 1. The van der Waals surface area contributed by atoms with Gasteiger partial charge in [0.15, 0.2) is 0 Å². The molecule has 0 fully saturated rings. The number of amides is 1. The van der Waals surface area contributed by atoms with Crippen LogP contribution in [-0.2, 0) is 27.7 Å². The summed E-state index contributed by atoms with van der Waals surface area (Å²) in [4.78, 5) is 12.7. The molecule has 3 rings (SSSR count). The molecule has 2 aromatic rings. The van der Waals surface area contributed by atoms with Crippen LogP contribution in [0.25, 0.3) is 0 Å². The van der Waals surface area contributed by atoms with E-state index in [0.717, 1.165) is 31.2 Å². The summed E-state index contributed by atoms with van der Waals surface area (Å²) in [5, 5.41) is 3.16. The lowest BCUT2D eigenvalue weighted by atomic mass is 9.87. The molecule has 0 saturated carbocycles. The van der Waals surface area contributed by atoms with E-state index in [1.807, 2.05) is 19.1 Å². The Hall–Kier alpha value is -2.18. The minimum Gasteiger partial charge on any atom is -0.349 e. The lowest BCUT2D eigenvalue weighted by Gasteiger charge is -2.26. The lowest BCUT2D eigenvalue weighted by Crippen LogP contribution is -2.31. The first-order chi connectivity index (χ1) is 13.5. The Morgan fingerprint density at radius 2 is 1.86 bits per heavy atom. The maximum Gasteiger partial charge on any atom is 0.240 e. The van der Waals surface area contributed by atoms with Crippen molar-refractivity contribution in [2.45, 2.75) is 56.4 Å². The van der Waals surface area contributed by atoms with E-state index in [4.69, 9.17) is 0 Å². The first-order valence-corrected chi connectivity index (χ1v) is 11.4. The van der Waals surface area contributed by atoms with Crippen LogP contribution in [-0.4, -0.2) is 20.9 Å². The number of benzene rings is 2. The van der Waals surface area contributed by atoms with Gasteiger partial charge in [-0.05, 0) is 60.9 Å². The Kier molecular flexibility index (Phi) is 6.86. The van der Waals surface area contributed by atoms with Crippen LogP contribution in [0.3, 0.4) is 0 Å². The van der Waals surface area contributed by atoms with Crippen LogP contribution in [0.4, 0.5) is 0 Å². The highest BCUT2D eigenvalue weighted by atomic mass is 32.2. The average molecular weight is 401 g/mol. The zero-order valence-corrected chi connectivity index (χ0v) is 17.1. The van der Waals surface area contributed by atoms with E-state index >= 15 is 0 Å². The molecule has 28 heavy (non-hydrogen) atoms. The van der Waals surface area contributed by atoms with Gasteiger partial charge in [0, 0.05) is 13.0 Å². The summed E-state index contributed by atoms with van der Waals surface area (Å²) < 4.78 is 26.8. The van der Waals surface area contributed by atoms with Crippen molar-refractivity contribution in [2.24, 2.45) is 0 Å². The SMILES string of the molecule is CCCNS(=O)(=O)c1ccc(CCC(=O)N[C@@H]2CCCc3ccccc32)cc1. The number of aryl methyl sites for hydroxylation is 2. The van der Waals surface area contributed by atoms with E-state index < -0.39 is 10.0 Å². The highest BCUT2D eigenvalue weighted by Crippen LogP contribution is 2.29. The van der Waals surface area contributed by atoms with Gasteiger partial charge in [-0.15, -0.1) is 0 Å². The van der Waals surface area contributed by atoms with E-state index in [9.17, 15) is 13.2 Å². The second kappa shape index (κ2) is 9.34. The summed E-state index contributed by atoms with van der Waals surface area (Å²) in [5.74, 6) is 0.0306. The third kappa shape index (κ3) is 5.20. The average Bonchev–Trinajstić information content (AvgIpc) is 2.71. The summed E-state index contributed by atoms with van der Waals surface area (Å²) >= 11 is 0. The number of sulfonamides is 1. The van der Waals surface area contributed by atoms with Crippen molar-refractivity contribution in [3.05, 3.63) is 65.2 Å². The van der Waals surface area contributed by atoms with Crippen LogP contribution in [0.2, 0.25) is 0 Å². The second-order valence-corrected chi connectivity index (χ2v) is 9.02. The number of carbonyl (C=O) groups excluding carboxylic acids is 1. The summed E-state index contributed by atoms with van der Waals surface area (Å²) in [6.45, 7) is 2.34. The molecular formula is C22H28N2O3S. The van der Waals surface area contributed by atoms with E-state index in [1.165, 1.54) is 11.1 Å². The second-order valence-electron chi connectivity index (χ2n) is 7.25. The number of carbonyl (C=O) groups is 1. The van der Waals surface area contributed by atoms with Crippen LogP contribution in [0.5, 0.6) is 0 Å². The number of hydrogen-bond acceptors (Lipinski definition) is 3. The molecule has 1 aliphatic carbocycles. The van der Waals surface area contributed by atoms with Crippen LogP contribution in [0.15, 0.2) is 53.4 Å². The Bertz CT molecular complexity index is 908. The fourth-order valence-corrected chi connectivity index (χ4v) is 4.72. The molecule has 150 valence electrons. The highest BCUT2D eigenvalue weighted by molar-refractivity contribution is 7.89. The maximum atomic E-state index is 12.4. The minimum atomic E-state index is -3.45. The van der Waals surface area contributed by atoms with Crippen molar-refractivity contribution in [3.8, 4) is 0 Å². The van der Waals surface area contributed by atoms with Crippen molar-refractivity contribution in [1.82, 2.24) is 10.0 Å². The fourth-order valence-electron chi connectivity index (χ4n) is 3.58. The van der Waals surface area contributed by atoms with Crippen LogP contribution in [0, 0.1) is 0 Å². The predicted molar refractivity (Wildman–Crippen MR) is 111 cm³/mol. The van der Waals surface area contributed by atoms with E-state index in [0.29, 0.717) is 19.4 Å². The molecule has 5 nitrogen and oxygen atoms in total. The molecule has 0 spiro atoms. The van der Waals surface area contributed by atoms with Gasteiger partial charge >= 0.3 is 0 Å². The smallest absolute Gasteiger partial charge is 0.240 e. The summed E-state index contributed by atoms with van der Waals surface area (Å²) in [6, 6.07) is 15.2. The summed E-state index contributed by atoms with van der Waals surface area (Å²) in [7, 11) is -3.45. The van der Waals surface area contributed by atoms with Crippen LogP contribution in [0.1, 0.15) is 55.3 Å². The van der Waals surface area contributed by atoms with Gasteiger partial charge in [0.1, 0.15) is 0 Å². The molecule has 0 aliphatic heterocycles. The monoisotopic (exact) mass is 400 g/mol. The maximum absolute atomic E-state index is 12.4. The predicted octanol–water partition coefficient (Wildman–Crippen LogP) is 3.50. The first kappa shape index (κ1) is 20.6. The van der Waals surface area contributed by atoms with Gasteiger partial charge in [0.25, 0.3) is 0 Å². The van der Waals surface area contributed by atoms with Gasteiger partial charge in [-0.25, -0.2) is 13.1 Å². The van der Waals surface area contributed by atoms with Crippen molar-refractivity contribution in [1.29, 1.82) is 0 Å². The van der Waals surface area contributed by atoms with E-state index in [-0.39, 0.29) is 16.8 Å². The zero-order chi connectivity index (χ0) is 20.0. The highest BCUT2D eigenvalue weighted by Gasteiger charge is 2.21. The standard InChI is InChI=1S/C22H28N2O3S/c1-2-16-23-28(26,27)19-13-10-17(11-14-19)12-15-22(25)24-21-9-5-7-18-6-3-4-8-20(18)21/h3-4,6,8,10-11,13-14,21,23H,2,5,7,9,12,15-16H2,1H3,(H,24,25)/t21-/m1/s1. The molecule has 2 N–H and O–H groups in total. The Balaban J connectivity index is 1.54. The molecule has 0 radical (unpaired) electrons. The molecule has 0 unspecified atom stereocenters. The Labute approximate surface area is 167 Å². The van der Waals surface area contributed by atoms with Crippen molar-refractivity contribution in [2.75, 3.05) is 6.54 Å². The fraction of sp³-hybridized carbons (Fsp3) is 0.409. The van der Waals surface area contributed by atoms with Crippen LogP contribution >= 0.6 is 0 Å². The third-order valence-electron chi connectivity index (χ3n) is 5.12. The first-order valence-electron chi connectivity index (χ1n) is 9.95. The van der Waals surface area contributed by atoms with Gasteiger partial charge < -0.3 is 5.32 Å². The summed E-state index contributed by atoms with van der Waals surface area (Å²) in [6.07, 6.45) is 4.86. The third-order valence-corrected chi connectivity index (χ3v) is 6.60. The minimum absolute atomic E-state index is 0.0306. The largest absolute Gasteiger partial charge is 0.349 e. The van der Waals surface area contributed by atoms with E-state index in [2.05, 4.69) is 22.2 Å².